The third-order valence-corrected chi connectivity index (χ3v) is 4.88. The van der Waals surface area contributed by atoms with E-state index in [1.807, 2.05) is 26.0 Å². The quantitative estimate of drug-likeness (QED) is 0.814. The molecule has 0 bridgehead atoms. The van der Waals surface area contributed by atoms with E-state index in [1.165, 1.54) is 31.2 Å². The maximum Gasteiger partial charge on any atom is 0.325 e. The van der Waals surface area contributed by atoms with Gasteiger partial charge in [-0.2, -0.15) is 0 Å². The zero-order chi connectivity index (χ0) is 19.8. The van der Waals surface area contributed by atoms with Crippen LogP contribution in [0.1, 0.15) is 23.6 Å². The number of urea groups is 1. The van der Waals surface area contributed by atoms with E-state index in [0.717, 1.165) is 16.0 Å². The summed E-state index contributed by atoms with van der Waals surface area (Å²) in [5.74, 6) is -1.48. The van der Waals surface area contributed by atoms with Crippen LogP contribution in [0.25, 0.3) is 0 Å². The number of halogens is 1. The first-order valence-corrected chi connectivity index (χ1v) is 8.48. The van der Waals surface area contributed by atoms with Crippen LogP contribution >= 0.6 is 0 Å². The maximum absolute atomic E-state index is 13.2. The lowest BCUT2D eigenvalue weighted by atomic mass is 9.92. The Morgan fingerprint density at radius 3 is 2.48 bits per heavy atom. The molecular weight excluding hydrogens is 349 g/mol. The first-order chi connectivity index (χ1) is 12.7. The van der Waals surface area contributed by atoms with Crippen molar-refractivity contribution in [1.82, 2.24) is 10.2 Å². The van der Waals surface area contributed by atoms with Crippen molar-refractivity contribution in [1.29, 1.82) is 0 Å². The molecule has 1 saturated heterocycles. The van der Waals surface area contributed by atoms with Crippen molar-refractivity contribution in [2.24, 2.45) is 0 Å². The Morgan fingerprint density at radius 2 is 1.81 bits per heavy atom. The van der Waals surface area contributed by atoms with E-state index >= 15 is 0 Å². The van der Waals surface area contributed by atoms with Gasteiger partial charge in [0.05, 0.1) is 0 Å². The average Bonchev–Trinajstić information content (AvgIpc) is 2.83. The zero-order valence-electron chi connectivity index (χ0n) is 15.3. The van der Waals surface area contributed by atoms with Gasteiger partial charge in [-0.15, -0.1) is 0 Å². The molecule has 0 aliphatic carbocycles. The van der Waals surface area contributed by atoms with Gasteiger partial charge in [0.2, 0.25) is 5.91 Å². The average molecular weight is 369 g/mol. The molecule has 0 spiro atoms. The second kappa shape index (κ2) is 6.83. The van der Waals surface area contributed by atoms with Gasteiger partial charge in [-0.1, -0.05) is 24.3 Å². The molecule has 4 amide bonds. The van der Waals surface area contributed by atoms with Gasteiger partial charge in [0.1, 0.15) is 17.9 Å². The summed E-state index contributed by atoms with van der Waals surface area (Å²) in [6.45, 7) is 4.93. The van der Waals surface area contributed by atoms with Gasteiger partial charge in [-0.25, -0.2) is 9.18 Å². The van der Waals surface area contributed by atoms with Gasteiger partial charge < -0.3 is 10.6 Å². The lowest BCUT2D eigenvalue weighted by molar-refractivity contribution is -0.133. The molecule has 1 aliphatic rings. The number of aryl methyl sites for hydroxylation is 1. The topological polar surface area (TPSA) is 78.5 Å². The molecule has 0 aromatic heterocycles. The third-order valence-electron chi connectivity index (χ3n) is 4.88. The third kappa shape index (κ3) is 3.40. The fraction of sp³-hybridized carbons (Fsp3) is 0.250. The second-order valence-electron chi connectivity index (χ2n) is 6.75. The number of nitrogens with one attached hydrogen (secondary N) is 2. The van der Waals surface area contributed by atoms with E-state index in [9.17, 15) is 18.8 Å². The molecule has 27 heavy (non-hydrogen) atoms. The van der Waals surface area contributed by atoms with Crippen molar-refractivity contribution in [3.8, 4) is 0 Å². The van der Waals surface area contributed by atoms with Crippen LogP contribution in [-0.4, -0.2) is 29.3 Å². The van der Waals surface area contributed by atoms with E-state index in [0.29, 0.717) is 11.3 Å². The van der Waals surface area contributed by atoms with Crippen LogP contribution in [-0.2, 0) is 15.1 Å². The second-order valence-corrected chi connectivity index (χ2v) is 6.75. The summed E-state index contributed by atoms with van der Waals surface area (Å²) >= 11 is 0. The maximum atomic E-state index is 13.2. The van der Waals surface area contributed by atoms with Gasteiger partial charge >= 0.3 is 6.03 Å². The number of rotatable bonds is 4. The van der Waals surface area contributed by atoms with Crippen molar-refractivity contribution in [2.45, 2.75) is 26.3 Å². The van der Waals surface area contributed by atoms with E-state index in [1.54, 1.807) is 6.07 Å². The van der Waals surface area contributed by atoms with Crippen molar-refractivity contribution in [3.05, 3.63) is 65.0 Å². The number of carbonyl (C=O) groups is 3. The molecule has 1 heterocycles. The number of anilines is 1. The number of carbonyl (C=O) groups excluding carboxylic acids is 3. The minimum absolute atomic E-state index is 0.408. The summed E-state index contributed by atoms with van der Waals surface area (Å²) in [5, 5.41) is 5.32. The molecule has 0 radical (unpaired) electrons. The van der Waals surface area contributed by atoms with Crippen LogP contribution in [0.5, 0.6) is 0 Å². The van der Waals surface area contributed by atoms with Gasteiger partial charge in [-0.3, -0.25) is 14.5 Å². The Kier molecular flexibility index (Phi) is 4.70. The van der Waals surface area contributed by atoms with Crippen molar-refractivity contribution < 1.29 is 18.8 Å². The Labute approximate surface area is 156 Å². The van der Waals surface area contributed by atoms with Crippen LogP contribution in [0.2, 0.25) is 0 Å². The summed E-state index contributed by atoms with van der Waals surface area (Å²) in [7, 11) is 0. The Bertz CT molecular complexity index is 927. The highest BCUT2D eigenvalue weighted by atomic mass is 19.1. The predicted molar refractivity (Wildman–Crippen MR) is 98.5 cm³/mol. The smallest absolute Gasteiger partial charge is 0.324 e. The molecule has 1 aliphatic heterocycles. The minimum Gasteiger partial charge on any atom is -0.324 e. The molecule has 2 N–H and O–H groups in total. The molecule has 6 nitrogen and oxygen atoms in total. The molecule has 2 aromatic rings. The van der Waals surface area contributed by atoms with E-state index in [2.05, 4.69) is 10.6 Å². The number of hydrogen-bond donors (Lipinski definition) is 2. The Hall–Kier alpha value is -3.22. The Balaban J connectivity index is 1.76. The van der Waals surface area contributed by atoms with Crippen molar-refractivity contribution in [2.75, 3.05) is 11.9 Å². The molecule has 140 valence electrons. The first kappa shape index (κ1) is 18.6. The monoisotopic (exact) mass is 369 g/mol. The van der Waals surface area contributed by atoms with E-state index < -0.39 is 35.7 Å². The van der Waals surface area contributed by atoms with Gasteiger partial charge in [0.15, 0.2) is 0 Å². The number of hydrogen-bond acceptors (Lipinski definition) is 3. The van der Waals surface area contributed by atoms with E-state index in [4.69, 9.17) is 0 Å². The molecule has 7 heteroatoms. The number of benzene rings is 2. The highest BCUT2D eigenvalue weighted by molar-refractivity contribution is 6.10. The van der Waals surface area contributed by atoms with Crippen molar-refractivity contribution >= 4 is 23.5 Å². The first-order valence-electron chi connectivity index (χ1n) is 8.48. The number of imide groups is 1. The lowest BCUT2D eigenvalue weighted by Gasteiger charge is -2.22. The summed E-state index contributed by atoms with van der Waals surface area (Å²) in [5.41, 5.74) is 1.67. The molecule has 3 rings (SSSR count). The highest BCUT2D eigenvalue weighted by Crippen LogP contribution is 2.29. The minimum atomic E-state index is -1.34. The molecule has 1 atom stereocenters. The van der Waals surface area contributed by atoms with Crippen LogP contribution in [0.15, 0.2) is 42.5 Å². The van der Waals surface area contributed by atoms with Gasteiger partial charge in [0.25, 0.3) is 5.91 Å². The lowest BCUT2D eigenvalue weighted by Crippen LogP contribution is -2.42. The van der Waals surface area contributed by atoms with Gasteiger partial charge in [0, 0.05) is 5.69 Å². The van der Waals surface area contributed by atoms with Crippen LogP contribution < -0.4 is 10.6 Å². The normalized spacial score (nSPS) is 19.2. The summed E-state index contributed by atoms with van der Waals surface area (Å²) in [6.07, 6.45) is 0. The van der Waals surface area contributed by atoms with Crippen molar-refractivity contribution in [3.63, 3.8) is 0 Å². The summed E-state index contributed by atoms with van der Waals surface area (Å²) in [6, 6.07) is 10.2. The zero-order valence-corrected chi connectivity index (χ0v) is 15.3. The largest absolute Gasteiger partial charge is 0.325 e. The number of amides is 4. The van der Waals surface area contributed by atoms with Gasteiger partial charge in [-0.05, 0) is 55.7 Å². The SMILES string of the molecule is Cc1cccc(NC(=O)CN2C(=O)N[C@@](C)(c3ccc(F)cc3)C2=O)c1C. The van der Waals surface area contributed by atoms with Crippen LogP contribution in [0.4, 0.5) is 14.9 Å². The van der Waals surface area contributed by atoms with E-state index in [-0.39, 0.29) is 0 Å². The summed E-state index contributed by atoms with van der Waals surface area (Å²) in [4.78, 5) is 38.3. The highest BCUT2D eigenvalue weighted by Gasteiger charge is 2.49. The van der Waals surface area contributed by atoms with Crippen LogP contribution in [0.3, 0.4) is 0 Å². The molecule has 1 fully saturated rings. The molecule has 0 saturated carbocycles. The van der Waals surface area contributed by atoms with Crippen LogP contribution in [0, 0.1) is 19.7 Å². The fourth-order valence-electron chi connectivity index (χ4n) is 3.04. The fourth-order valence-corrected chi connectivity index (χ4v) is 3.04. The molecule has 2 aromatic carbocycles. The molecule has 0 unspecified atom stereocenters. The molecular formula is C20H20FN3O3. The predicted octanol–water partition coefficient (Wildman–Crippen LogP) is 2.85. The summed E-state index contributed by atoms with van der Waals surface area (Å²) < 4.78 is 13.2. The standard InChI is InChI=1S/C20H20FN3O3/c1-12-5-4-6-16(13(12)2)22-17(25)11-24-18(26)20(3,23-19(24)27)14-7-9-15(21)10-8-14/h4-10H,11H2,1-3H3,(H,22,25)(H,23,27)/t20-/m0/s1. The number of nitrogens with zero attached hydrogens (tertiary/aromatic N) is 1. The Morgan fingerprint density at radius 1 is 1.15 bits per heavy atom.